The van der Waals surface area contributed by atoms with Crippen molar-refractivity contribution in [3.05, 3.63) is 69.7 Å². The highest BCUT2D eigenvalue weighted by molar-refractivity contribution is 7.92. The van der Waals surface area contributed by atoms with Crippen LogP contribution in [0.2, 0.25) is 10.0 Å². The van der Waals surface area contributed by atoms with E-state index in [2.05, 4.69) is 0 Å². The standard InChI is InChI=1S/C30H37Cl2NO5S/c1-4-24(5-2)39(37,38)18-26(19-9-10-19)33-28(20-11-13-22(31)14-12-20)25(21-7-6-8-23(32)15-21)16-30(3,29(33)36)17-27(34)35/h6-8,11-15,19,24-26,28H,4-5,9-10,16-18H2,1-3H3,(H,34,35)/t25-,26-,28-,30-/m1/s1. The molecule has 39 heavy (non-hydrogen) atoms. The molecule has 2 aliphatic rings. The second-order valence-corrected chi connectivity index (χ2v) is 14.6. The van der Waals surface area contributed by atoms with E-state index in [0.717, 1.165) is 24.0 Å². The maximum Gasteiger partial charge on any atom is 0.304 e. The first kappa shape index (κ1) is 29.9. The lowest BCUT2D eigenvalue weighted by molar-refractivity contribution is -0.160. The SMILES string of the molecule is CCC(CC)S(=O)(=O)C[C@H](C1CC1)N1C(=O)[C@@](C)(CC(=O)O)C[C@H](c2cccc(Cl)c2)[C@H]1c1ccc(Cl)cc1. The number of rotatable bonds is 11. The molecule has 4 rings (SSSR count). The van der Waals surface area contributed by atoms with Gasteiger partial charge in [-0.25, -0.2) is 8.42 Å². The fourth-order valence-electron chi connectivity index (χ4n) is 6.34. The Kier molecular flexibility index (Phi) is 9.04. The van der Waals surface area contributed by atoms with Crippen molar-refractivity contribution in [3.63, 3.8) is 0 Å². The lowest BCUT2D eigenvalue weighted by atomic mass is 9.67. The fourth-order valence-corrected chi connectivity index (χ4v) is 8.86. The lowest BCUT2D eigenvalue weighted by Crippen LogP contribution is -2.58. The van der Waals surface area contributed by atoms with Crippen molar-refractivity contribution in [2.45, 2.75) is 82.5 Å². The third-order valence-electron chi connectivity index (χ3n) is 8.48. The third-order valence-corrected chi connectivity index (χ3v) is 11.5. The van der Waals surface area contributed by atoms with Gasteiger partial charge in [-0.05, 0) is 73.4 Å². The summed E-state index contributed by atoms with van der Waals surface area (Å²) < 4.78 is 27.3. The van der Waals surface area contributed by atoms with Crippen LogP contribution in [0.5, 0.6) is 0 Å². The minimum atomic E-state index is -3.51. The number of carbonyl (C=O) groups excluding carboxylic acids is 1. The Labute approximate surface area is 241 Å². The number of hydrogen-bond acceptors (Lipinski definition) is 4. The molecule has 6 nitrogen and oxygen atoms in total. The van der Waals surface area contributed by atoms with Crippen LogP contribution in [-0.2, 0) is 19.4 Å². The number of hydrogen-bond donors (Lipinski definition) is 1. The van der Waals surface area contributed by atoms with Gasteiger partial charge in [0.05, 0.1) is 28.9 Å². The molecule has 0 bridgehead atoms. The van der Waals surface area contributed by atoms with Crippen LogP contribution in [0.1, 0.15) is 82.4 Å². The molecule has 0 unspecified atom stereocenters. The second kappa shape index (κ2) is 11.8. The summed E-state index contributed by atoms with van der Waals surface area (Å²) in [5.41, 5.74) is 0.503. The van der Waals surface area contributed by atoms with E-state index < -0.39 is 38.6 Å². The first-order valence-electron chi connectivity index (χ1n) is 13.7. The molecule has 2 aromatic rings. The Hall–Kier alpha value is -2.09. The lowest BCUT2D eigenvalue weighted by Gasteiger charge is -2.52. The first-order valence-corrected chi connectivity index (χ1v) is 16.1. The van der Waals surface area contributed by atoms with E-state index in [1.807, 2.05) is 44.2 Å². The molecular weight excluding hydrogens is 557 g/mol. The van der Waals surface area contributed by atoms with Crippen LogP contribution in [0.3, 0.4) is 0 Å². The van der Waals surface area contributed by atoms with Crippen molar-refractivity contribution in [2.75, 3.05) is 5.75 Å². The zero-order chi connectivity index (χ0) is 28.5. The van der Waals surface area contributed by atoms with Crippen LogP contribution in [0.4, 0.5) is 0 Å². The summed E-state index contributed by atoms with van der Waals surface area (Å²) in [5, 5.41) is 10.4. The van der Waals surface area contributed by atoms with Crippen LogP contribution in [-0.4, -0.2) is 47.3 Å². The number of carboxylic acids is 1. The van der Waals surface area contributed by atoms with Gasteiger partial charge in [0.15, 0.2) is 9.84 Å². The third kappa shape index (κ3) is 6.47. The maximum absolute atomic E-state index is 14.5. The Morgan fingerprint density at radius 2 is 1.69 bits per heavy atom. The Balaban J connectivity index is 1.92. The summed E-state index contributed by atoms with van der Waals surface area (Å²) in [6.45, 7) is 5.45. The predicted molar refractivity (Wildman–Crippen MR) is 155 cm³/mol. The molecule has 1 aliphatic carbocycles. The Morgan fingerprint density at radius 3 is 2.23 bits per heavy atom. The maximum atomic E-state index is 14.5. The zero-order valence-electron chi connectivity index (χ0n) is 22.6. The molecule has 1 heterocycles. The average Bonchev–Trinajstić information content (AvgIpc) is 3.70. The molecule has 1 amide bonds. The molecule has 2 aromatic carbocycles. The molecule has 4 atom stereocenters. The molecule has 212 valence electrons. The highest BCUT2D eigenvalue weighted by atomic mass is 35.5. The van der Waals surface area contributed by atoms with Gasteiger partial charge >= 0.3 is 5.97 Å². The van der Waals surface area contributed by atoms with E-state index >= 15 is 0 Å². The van der Waals surface area contributed by atoms with Gasteiger partial charge in [-0.3, -0.25) is 9.59 Å². The van der Waals surface area contributed by atoms with Crippen LogP contribution in [0, 0.1) is 11.3 Å². The van der Waals surface area contributed by atoms with Gasteiger partial charge in [0, 0.05) is 22.0 Å². The smallest absolute Gasteiger partial charge is 0.304 e. The number of aliphatic carboxylic acids is 1. The van der Waals surface area contributed by atoms with E-state index in [0.29, 0.717) is 29.3 Å². The summed E-state index contributed by atoms with van der Waals surface area (Å²) in [6.07, 6.45) is 2.62. The number of piperidine rings is 1. The van der Waals surface area contributed by atoms with Gasteiger partial charge in [0.25, 0.3) is 0 Å². The highest BCUT2D eigenvalue weighted by Gasteiger charge is 2.55. The van der Waals surface area contributed by atoms with Crippen molar-refractivity contribution >= 4 is 44.9 Å². The molecule has 1 saturated carbocycles. The van der Waals surface area contributed by atoms with E-state index in [4.69, 9.17) is 23.2 Å². The molecule has 9 heteroatoms. The van der Waals surface area contributed by atoms with Crippen molar-refractivity contribution in [1.82, 2.24) is 4.90 Å². The Bertz CT molecular complexity index is 1310. The number of carbonyl (C=O) groups is 2. The number of likely N-dealkylation sites (tertiary alicyclic amines) is 1. The number of benzene rings is 2. The fraction of sp³-hybridized carbons (Fsp3) is 0.533. The van der Waals surface area contributed by atoms with Crippen LogP contribution in [0.25, 0.3) is 0 Å². The number of sulfone groups is 1. The monoisotopic (exact) mass is 593 g/mol. The van der Waals surface area contributed by atoms with E-state index in [1.165, 1.54) is 0 Å². The second-order valence-electron chi connectivity index (χ2n) is 11.4. The van der Waals surface area contributed by atoms with Crippen molar-refractivity contribution < 1.29 is 23.1 Å². The van der Waals surface area contributed by atoms with E-state index in [1.54, 1.807) is 30.0 Å². The summed E-state index contributed by atoms with van der Waals surface area (Å²) in [6, 6.07) is 13.7. The van der Waals surface area contributed by atoms with Gasteiger partial charge in [0.1, 0.15) is 0 Å². The average molecular weight is 595 g/mol. The predicted octanol–water partition coefficient (Wildman–Crippen LogP) is 6.91. The topological polar surface area (TPSA) is 91.8 Å². The number of amides is 1. The number of halogens is 2. The van der Waals surface area contributed by atoms with E-state index in [9.17, 15) is 23.1 Å². The summed E-state index contributed by atoms with van der Waals surface area (Å²) in [7, 11) is -3.51. The normalized spacial score (nSPS) is 24.7. The van der Waals surface area contributed by atoms with Gasteiger partial charge in [-0.2, -0.15) is 0 Å². The molecule has 1 aliphatic heterocycles. The molecule has 2 fully saturated rings. The molecular formula is C30H37Cl2NO5S. The van der Waals surface area contributed by atoms with Gasteiger partial charge in [0.2, 0.25) is 5.91 Å². The zero-order valence-corrected chi connectivity index (χ0v) is 25.0. The molecule has 0 radical (unpaired) electrons. The first-order chi connectivity index (χ1) is 18.4. The summed E-state index contributed by atoms with van der Waals surface area (Å²) >= 11 is 12.6. The number of carboxylic acid groups (broad SMARTS) is 1. The van der Waals surface area contributed by atoms with Gasteiger partial charge in [-0.15, -0.1) is 0 Å². The molecule has 0 spiro atoms. The molecule has 1 N–H and O–H groups in total. The van der Waals surface area contributed by atoms with Gasteiger partial charge < -0.3 is 10.0 Å². The van der Waals surface area contributed by atoms with Gasteiger partial charge in [-0.1, -0.05) is 68.2 Å². The largest absolute Gasteiger partial charge is 0.481 e. The van der Waals surface area contributed by atoms with Crippen molar-refractivity contribution in [1.29, 1.82) is 0 Å². The highest BCUT2D eigenvalue weighted by Crippen LogP contribution is 2.54. The summed E-state index contributed by atoms with van der Waals surface area (Å²) in [4.78, 5) is 28.2. The summed E-state index contributed by atoms with van der Waals surface area (Å²) in [5.74, 6) is -1.76. The van der Waals surface area contributed by atoms with Crippen molar-refractivity contribution in [2.24, 2.45) is 11.3 Å². The number of nitrogens with zero attached hydrogens (tertiary/aromatic N) is 1. The van der Waals surface area contributed by atoms with Crippen molar-refractivity contribution in [3.8, 4) is 0 Å². The minimum Gasteiger partial charge on any atom is -0.481 e. The molecule has 0 aromatic heterocycles. The van der Waals surface area contributed by atoms with Crippen LogP contribution in [0.15, 0.2) is 48.5 Å². The van der Waals surface area contributed by atoms with Crippen LogP contribution >= 0.6 is 23.2 Å². The molecule has 1 saturated heterocycles. The minimum absolute atomic E-state index is 0.0417. The van der Waals surface area contributed by atoms with Crippen LogP contribution < -0.4 is 0 Å². The van der Waals surface area contributed by atoms with E-state index in [-0.39, 0.29) is 29.9 Å². The Morgan fingerprint density at radius 1 is 1.05 bits per heavy atom. The quantitative estimate of drug-likeness (QED) is 0.305.